The molecule has 0 saturated heterocycles. The fourth-order valence-electron chi connectivity index (χ4n) is 4.34. The van der Waals surface area contributed by atoms with Crippen LogP contribution in [0, 0.1) is 25.2 Å². The molecule has 8 heteroatoms. The van der Waals surface area contributed by atoms with Crippen LogP contribution in [0.25, 0.3) is 11.1 Å². The van der Waals surface area contributed by atoms with Crippen molar-refractivity contribution < 1.29 is 14.3 Å². The molecule has 34 heavy (non-hydrogen) atoms. The molecule has 1 aromatic carbocycles. The second-order valence-corrected chi connectivity index (χ2v) is 9.70. The lowest BCUT2D eigenvalue weighted by Gasteiger charge is -2.12. The average molecular weight is 494 g/mol. The fraction of sp³-hybridized carbons (Fsp3) is 0.269. The van der Waals surface area contributed by atoms with Gasteiger partial charge in [0.05, 0.1) is 12.7 Å². The lowest BCUT2D eigenvalue weighted by Crippen LogP contribution is -2.13. The zero-order chi connectivity index (χ0) is 24.4. The zero-order valence-electron chi connectivity index (χ0n) is 19.2. The Kier molecular flexibility index (Phi) is 6.92. The van der Waals surface area contributed by atoms with Crippen molar-refractivity contribution in [1.29, 1.82) is 5.26 Å². The SMILES string of the molecule is COC(=O)c1c(-n2c(C)cc(/C=C(/C#N)C(=O)Nc3cccc(Cl)c3)c2C)sc2c1CCCC2. The van der Waals surface area contributed by atoms with Crippen LogP contribution in [0.2, 0.25) is 5.02 Å². The van der Waals surface area contributed by atoms with Crippen molar-refractivity contribution in [2.75, 3.05) is 12.4 Å². The number of halogens is 1. The number of carbonyl (C=O) groups excluding carboxylic acids is 2. The molecule has 1 aliphatic rings. The number of hydrogen-bond acceptors (Lipinski definition) is 5. The van der Waals surface area contributed by atoms with Gasteiger partial charge in [0.2, 0.25) is 0 Å². The number of nitriles is 1. The normalized spacial score (nSPS) is 13.2. The number of anilines is 1. The number of aromatic nitrogens is 1. The number of fused-ring (bicyclic) bond motifs is 1. The molecule has 1 amide bonds. The molecule has 174 valence electrons. The second kappa shape index (κ2) is 9.88. The number of thiophene rings is 1. The first-order chi connectivity index (χ1) is 16.3. The monoisotopic (exact) mass is 493 g/mol. The third kappa shape index (κ3) is 4.52. The topological polar surface area (TPSA) is 84.1 Å². The summed E-state index contributed by atoms with van der Waals surface area (Å²) >= 11 is 7.61. The maximum Gasteiger partial charge on any atom is 0.341 e. The maximum atomic E-state index is 12.7. The average Bonchev–Trinajstić information content (AvgIpc) is 3.32. The highest BCUT2D eigenvalue weighted by atomic mass is 35.5. The number of aryl methyl sites for hydroxylation is 2. The van der Waals surface area contributed by atoms with Crippen LogP contribution in [0.15, 0.2) is 35.9 Å². The minimum atomic E-state index is -0.517. The number of ether oxygens (including phenoxy) is 1. The van der Waals surface area contributed by atoms with Gasteiger partial charge in [0, 0.05) is 27.0 Å². The highest BCUT2D eigenvalue weighted by Crippen LogP contribution is 2.39. The lowest BCUT2D eigenvalue weighted by molar-refractivity contribution is -0.112. The molecule has 0 unspecified atom stereocenters. The van der Waals surface area contributed by atoms with Gasteiger partial charge >= 0.3 is 5.97 Å². The van der Waals surface area contributed by atoms with E-state index in [2.05, 4.69) is 5.32 Å². The number of nitrogens with one attached hydrogen (secondary N) is 1. The van der Waals surface area contributed by atoms with E-state index in [1.165, 1.54) is 12.0 Å². The van der Waals surface area contributed by atoms with Gasteiger partial charge in [0.1, 0.15) is 16.6 Å². The number of methoxy groups -OCH3 is 1. The van der Waals surface area contributed by atoms with Gasteiger partial charge in [-0.2, -0.15) is 5.26 Å². The van der Waals surface area contributed by atoms with Crippen LogP contribution in [0.1, 0.15) is 50.6 Å². The standard InChI is InChI=1S/C26H24ClN3O3S/c1-15-11-17(12-18(14-28)24(31)29-20-8-6-7-19(27)13-20)16(2)30(15)25-23(26(32)33-3)21-9-4-5-10-22(21)34-25/h6-8,11-13H,4-5,9-10H2,1-3H3,(H,29,31)/b18-12-. The van der Waals surface area contributed by atoms with E-state index in [-0.39, 0.29) is 11.5 Å². The summed E-state index contributed by atoms with van der Waals surface area (Å²) in [6, 6.07) is 10.7. The van der Waals surface area contributed by atoms with Crippen molar-refractivity contribution in [2.24, 2.45) is 0 Å². The molecule has 2 aromatic heterocycles. The third-order valence-electron chi connectivity index (χ3n) is 5.96. The van der Waals surface area contributed by atoms with Crippen LogP contribution in [-0.4, -0.2) is 23.6 Å². The molecule has 1 aliphatic carbocycles. The van der Waals surface area contributed by atoms with Gasteiger partial charge in [-0.05, 0) is 81.0 Å². The number of carbonyl (C=O) groups is 2. The summed E-state index contributed by atoms with van der Waals surface area (Å²) < 4.78 is 7.14. The Balaban J connectivity index is 1.74. The van der Waals surface area contributed by atoms with E-state index in [4.69, 9.17) is 16.3 Å². The second-order valence-electron chi connectivity index (χ2n) is 8.18. The van der Waals surface area contributed by atoms with Crippen molar-refractivity contribution in [3.05, 3.63) is 73.9 Å². The molecule has 1 N–H and O–H groups in total. The molecule has 0 fully saturated rings. The summed E-state index contributed by atoms with van der Waals surface area (Å²) in [6.45, 7) is 3.87. The third-order valence-corrected chi connectivity index (χ3v) is 7.48. The molecule has 0 bridgehead atoms. The van der Waals surface area contributed by atoms with Crippen LogP contribution >= 0.6 is 22.9 Å². The Labute approximate surface area is 207 Å². The molecule has 0 aliphatic heterocycles. The van der Waals surface area contributed by atoms with E-state index in [1.54, 1.807) is 41.7 Å². The Hall–Kier alpha value is -3.34. The van der Waals surface area contributed by atoms with Crippen molar-refractivity contribution in [2.45, 2.75) is 39.5 Å². The van der Waals surface area contributed by atoms with Gasteiger partial charge in [0.25, 0.3) is 5.91 Å². The predicted molar refractivity (Wildman–Crippen MR) is 135 cm³/mol. The molecule has 2 heterocycles. The summed E-state index contributed by atoms with van der Waals surface area (Å²) in [6.07, 6.45) is 5.56. The first-order valence-electron chi connectivity index (χ1n) is 10.9. The van der Waals surface area contributed by atoms with Crippen molar-refractivity contribution in [3.63, 3.8) is 0 Å². The maximum absolute atomic E-state index is 12.7. The highest BCUT2D eigenvalue weighted by molar-refractivity contribution is 7.15. The summed E-state index contributed by atoms with van der Waals surface area (Å²) in [5.41, 5.74) is 4.66. The summed E-state index contributed by atoms with van der Waals surface area (Å²) in [5, 5.41) is 13.7. The highest BCUT2D eigenvalue weighted by Gasteiger charge is 2.28. The molecular weight excluding hydrogens is 470 g/mol. The molecule has 0 saturated carbocycles. The molecule has 0 spiro atoms. The van der Waals surface area contributed by atoms with Crippen molar-refractivity contribution >= 4 is 46.6 Å². The molecule has 3 aromatic rings. The predicted octanol–water partition coefficient (Wildman–Crippen LogP) is 6.02. The quantitative estimate of drug-likeness (QED) is 0.267. The minimum absolute atomic E-state index is 0.0288. The first kappa shape index (κ1) is 23.8. The van der Waals surface area contributed by atoms with Gasteiger partial charge < -0.3 is 14.6 Å². The lowest BCUT2D eigenvalue weighted by atomic mass is 9.95. The number of nitrogens with zero attached hydrogens (tertiary/aromatic N) is 2. The first-order valence-corrected chi connectivity index (χ1v) is 12.1. The van der Waals surface area contributed by atoms with Crippen molar-refractivity contribution in [1.82, 2.24) is 4.57 Å². The van der Waals surface area contributed by atoms with Crippen LogP contribution < -0.4 is 5.32 Å². The van der Waals surface area contributed by atoms with E-state index in [1.807, 2.05) is 30.6 Å². The Morgan fingerprint density at radius 3 is 2.71 bits per heavy atom. The smallest absolute Gasteiger partial charge is 0.341 e. The van der Waals surface area contributed by atoms with Crippen LogP contribution in [0.5, 0.6) is 0 Å². The van der Waals surface area contributed by atoms with Crippen LogP contribution in [0.4, 0.5) is 5.69 Å². The molecule has 0 radical (unpaired) electrons. The van der Waals surface area contributed by atoms with Crippen LogP contribution in [0.3, 0.4) is 0 Å². The zero-order valence-corrected chi connectivity index (χ0v) is 20.8. The Morgan fingerprint density at radius 2 is 2.00 bits per heavy atom. The van der Waals surface area contributed by atoms with Gasteiger partial charge in [-0.1, -0.05) is 17.7 Å². The summed E-state index contributed by atoms with van der Waals surface area (Å²) in [7, 11) is 1.40. The van der Waals surface area contributed by atoms with Gasteiger partial charge in [0.15, 0.2) is 0 Å². The minimum Gasteiger partial charge on any atom is -0.465 e. The summed E-state index contributed by atoms with van der Waals surface area (Å²) in [4.78, 5) is 26.7. The van der Waals surface area contributed by atoms with Gasteiger partial charge in [-0.25, -0.2) is 4.79 Å². The largest absolute Gasteiger partial charge is 0.465 e. The van der Waals surface area contributed by atoms with E-state index in [9.17, 15) is 14.9 Å². The molecule has 4 rings (SSSR count). The van der Waals surface area contributed by atoms with E-state index >= 15 is 0 Å². The van der Waals surface area contributed by atoms with E-state index < -0.39 is 5.91 Å². The molecule has 0 atom stereocenters. The van der Waals surface area contributed by atoms with Gasteiger partial charge in [-0.3, -0.25) is 4.79 Å². The number of rotatable bonds is 5. The summed E-state index contributed by atoms with van der Waals surface area (Å²) in [5.74, 6) is -0.853. The van der Waals surface area contributed by atoms with Gasteiger partial charge in [-0.15, -0.1) is 11.3 Å². The van der Waals surface area contributed by atoms with Crippen LogP contribution in [-0.2, 0) is 22.4 Å². The van der Waals surface area contributed by atoms with Crippen molar-refractivity contribution in [3.8, 4) is 11.1 Å². The Morgan fingerprint density at radius 1 is 1.24 bits per heavy atom. The Bertz CT molecular complexity index is 1360. The fourth-order valence-corrected chi connectivity index (χ4v) is 6.01. The number of hydrogen-bond donors (Lipinski definition) is 1. The van der Waals surface area contributed by atoms with E-state index in [0.29, 0.717) is 16.3 Å². The molecule has 6 nitrogen and oxygen atoms in total. The number of esters is 1. The van der Waals surface area contributed by atoms with E-state index in [0.717, 1.165) is 53.2 Å². The number of benzene rings is 1. The number of amides is 1. The molecular formula is C26H24ClN3O3S.